The molecule has 0 fully saturated rings. The summed E-state index contributed by atoms with van der Waals surface area (Å²) in [5.41, 5.74) is 1.18. The minimum Gasteiger partial charge on any atom is -0.491 e. The van der Waals surface area contributed by atoms with Crippen molar-refractivity contribution in [1.29, 1.82) is 0 Å². The predicted octanol–water partition coefficient (Wildman–Crippen LogP) is 2.48. The molecule has 0 radical (unpaired) electrons. The van der Waals surface area contributed by atoms with Crippen molar-refractivity contribution in [1.82, 2.24) is 14.9 Å². The number of aromatic nitrogens is 2. The molecule has 1 aromatic heterocycles. The molecular weight excluding hydrogens is 278 g/mol. The highest BCUT2D eigenvalue weighted by Crippen LogP contribution is 2.17. The van der Waals surface area contributed by atoms with Gasteiger partial charge in [-0.15, -0.1) is 0 Å². The van der Waals surface area contributed by atoms with Gasteiger partial charge in [-0.2, -0.15) is 0 Å². The van der Waals surface area contributed by atoms with Crippen LogP contribution in [0.15, 0.2) is 43.0 Å². The van der Waals surface area contributed by atoms with Gasteiger partial charge >= 0.3 is 0 Å². The number of aryl methyl sites for hydroxylation is 1. The summed E-state index contributed by atoms with van der Waals surface area (Å²) in [7, 11) is 0. The van der Waals surface area contributed by atoms with Crippen molar-refractivity contribution in [2.45, 2.75) is 26.4 Å². The summed E-state index contributed by atoms with van der Waals surface area (Å²) in [6, 6.07) is 8.14. The Labute approximate surface area is 132 Å². The molecule has 0 bridgehead atoms. The Hall–Kier alpha value is -1.85. The zero-order valence-electron chi connectivity index (χ0n) is 13.2. The molecule has 5 heteroatoms. The second-order valence-corrected chi connectivity index (χ2v) is 4.98. The first kappa shape index (κ1) is 16.5. The lowest BCUT2D eigenvalue weighted by Gasteiger charge is -2.12. The van der Waals surface area contributed by atoms with Crippen LogP contribution in [0.5, 0.6) is 5.75 Å². The van der Waals surface area contributed by atoms with E-state index < -0.39 is 0 Å². The lowest BCUT2D eigenvalue weighted by Crippen LogP contribution is -2.17. The summed E-state index contributed by atoms with van der Waals surface area (Å²) in [6.07, 6.45) is 6.72. The van der Waals surface area contributed by atoms with Gasteiger partial charge in [0, 0.05) is 37.7 Å². The number of nitrogens with one attached hydrogen (secondary N) is 1. The normalized spacial score (nSPS) is 10.8. The third-order valence-electron chi connectivity index (χ3n) is 3.31. The fourth-order valence-corrected chi connectivity index (χ4v) is 2.17. The number of nitrogens with zero attached hydrogens (tertiary/aromatic N) is 2. The summed E-state index contributed by atoms with van der Waals surface area (Å²) >= 11 is 0. The van der Waals surface area contributed by atoms with Crippen LogP contribution in [0, 0.1) is 0 Å². The highest BCUT2D eigenvalue weighted by Gasteiger charge is 2.02. The highest BCUT2D eigenvalue weighted by molar-refractivity contribution is 5.33. The number of hydrogen-bond donors (Lipinski definition) is 1. The van der Waals surface area contributed by atoms with Crippen LogP contribution >= 0.6 is 0 Å². The average molecular weight is 303 g/mol. The smallest absolute Gasteiger partial charge is 0.123 e. The molecule has 0 spiro atoms. The van der Waals surface area contributed by atoms with Crippen molar-refractivity contribution in [3.8, 4) is 5.75 Å². The molecule has 2 aromatic rings. The molecule has 1 aromatic carbocycles. The summed E-state index contributed by atoms with van der Waals surface area (Å²) in [6.45, 7) is 6.69. The van der Waals surface area contributed by atoms with Gasteiger partial charge in [-0.25, -0.2) is 4.98 Å². The maximum Gasteiger partial charge on any atom is 0.123 e. The molecule has 22 heavy (non-hydrogen) atoms. The molecule has 5 nitrogen and oxygen atoms in total. The number of para-hydroxylation sites is 1. The van der Waals surface area contributed by atoms with E-state index >= 15 is 0 Å². The molecule has 0 saturated heterocycles. The van der Waals surface area contributed by atoms with E-state index in [9.17, 15) is 0 Å². The third kappa shape index (κ3) is 5.87. The van der Waals surface area contributed by atoms with Crippen molar-refractivity contribution in [3.63, 3.8) is 0 Å². The second kappa shape index (κ2) is 9.97. The Bertz CT molecular complexity index is 514. The van der Waals surface area contributed by atoms with E-state index in [-0.39, 0.29) is 0 Å². The molecular formula is C17H25N3O2. The van der Waals surface area contributed by atoms with Crippen molar-refractivity contribution in [3.05, 3.63) is 48.5 Å². The lowest BCUT2D eigenvalue weighted by molar-refractivity contribution is 0.110. The molecule has 0 aliphatic rings. The molecule has 2 rings (SSSR count). The van der Waals surface area contributed by atoms with Crippen molar-refractivity contribution in [2.24, 2.45) is 0 Å². The fraction of sp³-hybridized carbons (Fsp3) is 0.471. The first-order valence-corrected chi connectivity index (χ1v) is 7.85. The van der Waals surface area contributed by atoms with E-state index in [0.29, 0.717) is 13.2 Å². The summed E-state index contributed by atoms with van der Waals surface area (Å²) in [5.74, 6) is 0.935. The summed E-state index contributed by atoms with van der Waals surface area (Å²) in [4.78, 5) is 4.04. The maximum absolute atomic E-state index is 5.78. The van der Waals surface area contributed by atoms with E-state index in [4.69, 9.17) is 9.47 Å². The second-order valence-electron chi connectivity index (χ2n) is 4.98. The predicted molar refractivity (Wildman–Crippen MR) is 87.0 cm³/mol. The number of imidazole rings is 1. The van der Waals surface area contributed by atoms with Crippen LogP contribution in [-0.4, -0.2) is 35.9 Å². The zero-order chi connectivity index (χ0) is 15.5. The number of benzene rings is 1. The Morgan fingerprint density at radius 1 is 1.23 bits per heavy atom. The highest BCUT2D eigenvalue weighted by atomic mass is 16.5. The molecule has 0 saturated carbocycles. The molecule has 120 valence electrons. The first-order chi connectivity index (χ1) is 10.9. The van der Waals surface area contributed by atoms with Crippen molar-refractivity contribution < 1.29 is 9.47 Å². The van der Waals surface area contributed by atoms with Crippen molar-refractivity contribution >= 4 is 0 Å². The minimum atomic E-state index is 0.589. The Kier molecular flexibility index (Phi) is 7.49. The van der Waals surface area contributed by atoms with Gasteiger partial charge in [0.1, 0.15) is 12.4 Å². The zero-order valence-corrected chi connectivity index (χ0v) is 13.2. The molecule has 1 N–H and O–H groups in total. The Morgan fingerprint density at radius 3 is 2.95 bits per heavy atom. The lowest BCUT2D eigenvalue weighted by atomic mass is 10.2. The van der Waals surface area contributed by atoms with E-state index in [0.717, 1.165) is 38.4 Å². The van der Waals surface area contributed by atoms with Gasteiger partial charge in [0.25, 0.3) is 0 Å². The standard InChI is InChI=1S/C17H25N3O2/c1-2-21-12-13-22-17-7-4-3-6-16(17)14-18-8-5-10-20-11-9-19-15-20/h3-4,6-7,9,11,15,18H,2,5,8,10,12-14H2,1H3. The maximum atomic E-state index is 5.78. The first-order valence-electron chi connectivity index (χ1n) is 7.85. The van der Waals surface area contributed by atoms with Crippen LogP contribution in [0.4, 0.5) is 0 Å². The third-order valence-corrected chi connectivity index (χ3v) is 3.31. The summed E-state index contributed by atoms with van der Waals surface area (Å²) in [5, 5.41) is 3.46. The van der Waals surface area contributed by atoms with Gasteiger partial charge < -0.3 is 19.4 Å². The van der Waals surface area contributed by atoms with E-state index in [1.807, 2.05) is 43.8 Å². The van der Waals surface area contributed by atoms with Crippen LogP contribution in [-0.2, 0) is 17.8 Å². The van der Waals surface area contributed by atoms with Gasteiger partial charge in [0.2, 0.25) is 0 Å². The Morgan fingerprint density at radius 2 is 2.14 bits per heavy atom. The molecule has 0 aliphatic carbocycles. The van der Waals surface area contributed by atoms with E-state index in [1.165, 1.54) is 5.56 Å². The van der Waals surface area contributed by atoms with Gasteiger partial charge in [-0.05, 0) is 26.0 Å². The molecule has 0 aliphatic heterocycles. The fourth-order valence-electron chi connectivity index (χ4n) is 2.17. The molecule has 0 atom stereocenters. The number of hydrogen-bond acceptors (Lipinski definition) is 4. The van der Waals surface area contributed by atoms with E-state index in [1.54, 1.807) is 0 Å². The monoisotopic (exact) mass is 303 g/mol. The quantitative estimate of drug-likeness (QED) is 0.648. The van der Waals surface area contributed by atoms with Crippen LogP contribution in [0.25, 0.3) is 0 Å². The van der Waals surface area contributed by atoms with Gasteiger partial charge in [-0.1, -0.05) is 18.2 Å². The summed E-state index contributed by atoms with van der Waals surface area (Å²) < 4.78 is 13.2. The van der Waals surface area contributed by atoms with E-state index in [2.05, 4.69) is 20.9 Å². The molecule has 1 heterocycles. The largest absolute Gasteiger partial charge is 0.491 e. The number of ether oxygens (including phenoxy) is 2. The SMILES string of the molecule is CCOCCOc1ccccc1CNCCCn1ccnc1. The Balaban J connectivity index is 1.67. The molecule has 0 unspecified atom stereocenters. The van der Waals surface area contributed by atoms with Gasteiger partial charge in [-0.3, -0.25) is 0 Å². The average Bonchev–Trinajstić information content (AvgIpc) is 3.06. The van der Waals surface area contributed by atoms with Gasteiger partial charge in [0.15, 0.2) is 0 Å². The van der Waals surface area contributed by atoms with Crippen LogP contribution in [0.1, 0.15) is 18.9 Å². The number of rotatable bonds is 11. The minimum absolute atomic E-state index is 0.589. The van der Waals surface area contributed by atoms with Gasteiger partial charge in [0.05, 0.1) is 12.9 Å². The van der Waals surface area contributed by atoms with Crippen LogP contribution in [0.3, 0.4) is 0 Å². The topological polar surface area (TPSA) is 48.3 Å². The van der Waals surface area contributed by atoms with Crippen LogP contribution < -0.4 is 10.1 Å². The molecule has 0 amide bonds. The van der Waals surface area contributed by atoms with Crippen molar-refractivity contribution in [2.75, 3.05) is 26.4 Å². The van der Waals surface area contributed by atoms with Crippen LogP contribution in [0.2, 0.25) is 0 Å².